The van der Waals surface area contributed by atoms with Crippen LogP contribution in [0.25, 0.3) is 0 Å². The summed E-state index contributed by atoms with van der Waals surface area (Å²) in [6, 6.07) is 7.72. The number of hydrogen-bond donors (Lipinski definition) is 0. The molecule has 0 spiro atoms. The molecule has 0 bridgehead atoms. The van der Waals surface area contributed by atoms with Crippen LogP contribution in [0.4, 0.5) is 0 Å². The smallest absolute Gasteiger partial charge is 0.264 e. The molecule has 0 fully saturated rings. The van der Waals surface area contributed by atoms with Gasteiger partial charge in [0.15, 0.2) is 0 Å². The van der Waals surface area contributed by atoms with Gasteiger partial charge in [-0.3, -0.25) is 4.79 Å². The zero-order chi connectivity index (χ0) is 13.1. The van der Waals surface area contributed by atoms with E-state index in [4.69, 9.17) is 11.6 Å². The molecule has 2 aromatic heterocycles. The SMILES string of the molecule is CCN(Cc1ccc(Cl)s1)C(=O)c1ccc(C)s1. The van der Waals surface area contributed by atoms with Crippen molar-refractivity contribution in [3.63, 3.8) is 0 Å². The van der Waals surface area contributed by atoms with E-state index >= 15 is 0 Å². The van der Waals surface area contributed by atoms with Crippen molar-refractivity contribution in [2.75, 3.05) is 6.54 Å². The van der Waals surface area contributed by atoms with E-state index in [0.717, 1.165) is 19.0 Å². The first kappa shape index (κ1) is 13.6. The van der Waals surface area contributed by atoms with Crippen molar-refractivity contribution in [3.8, 4) is 0 Å². The molecule has 18 heavy (non-hydrogen) atoms. The Kier molecular flexibility index (Phi) is 4.43. The Morgan fingerprint density at radius 3 is 2.56 bits per heavy atom. The highest BCUT2D eigenvalue weighted by Crippen LogP contribution is 2.24. The van der Waals surface area contributed by atoms with Crippen molar-refractivity contribution in [1.29, 1.82) is 0 Å². The van der Waals surface area contributed by atoms with Crippen molar-refractivity contribution in [1.82, 2.24) is 4.90 Å². The first-order valence-electron chi connectivity index (χ1n) is 5.70. The lowest BCUT2D eigenvalue weighted by molar-refractivity contribution is 0.0759. The second-order valence-corrected chi connectivity index (χ2v) is 7.02. The summed E-state index contributed by atoms with van der Waals surface area (Å²) >= 11 is 8.97. The van der Waals surface area contributed by atoms with Crippen LogP contribution >= 0.6 is 34.3 Å². The van der Waals surface area contributed by atoms with E-state index in [1.54, 1.807) is 11.3 Å². The first-order chi connectivity index (χ1) is 8.60. The fraction of sp³-hybridized carbons (Fsp3) is 0.308. The van der Waals surface area contributed by atoms with Crippen LogP contribution < -0.4 is 0 Å². The summed E-state index contributed by atoms with van der Waals surface area (Å²) in [4.78, 5) is 17.2. The summed E-state index contributed by atoms with van der Waals surface area (Å²) in [6.07, 6.45) is 0. The quantitative estimate of drug-likeness (QED) is 0.817. The molecule has 0 radical (unpaired) electrons. The van der Waals surface area contributed by atoms with Crippen LogP contribution in [0.3, 0.4) is 0 Å². The van der Waals surface area contributed by atoms with E-state index in [1.807, 2.05) is 43.0 Å². The number of aryl methyl sites for hydroxylation is 1. The molecule has 0 aromatic carbocycles. The number of rotatable bonds is 4. The summed E-state index contributed by atoms with van der Waals surface area (Å²) in [5.41, 5.74) is 0. The molecule has 5 heteroatoms. The molecule has 2 heterocycles. The highest BCUT2D eigenvalue weighted by molar-refractivity contribution is 7.16. The molecule has 2 aromatic rings. The maximum Gasteiger partial charge on any atom is 0.264 e. The van der Waals surface area contributed by atoms with Gasteiger partial charge in [-0.25, -0.2) is 0 Å². The molecule has 2 rings (SSSR count). The first-order valence-corrected chi connectivity index (χ1v) is 7.71. The second kappa shape index (κ2) is 5.87. The van der Waals surface area contributed by atoms with Crippen LogP contribution in [0.15, 0.2) is 24.3 Å². The van der Waals surface area contributed by atoms with Gasteiger partial charge in [0.2, 0.25) is 0 Å². The number of carbonyl (C=O) groups is 1. The van der Waals surface area contributed by atoms with Crippen molar-refractivity contribution in [2.24, 2.45) is 0 Å². The number of thiophene rings is 2. The number of nitrogens with zero attached hydrogens (tertiary/aromatic N) is 1. The van der Waals surface area contributed by atoms with E-state index in [9.17, 15) is 4.79 Å². The van der Waals surface area contributed by atoms with Gasteiger partial charge in [-0.1, -0.05) is 11.6 Å². The molecule has 0 N–H and O–H groups in total. The lowest BCUT2D eigenvalue weighted by Gasteiger charge is -2.19. The second-order valence-electron chi connectivity index (χ2n) is 3.94. The Morgan fingerprint density at radius 2 is 2.06 bits per heavy atom. The van der Waals surface area contributed by atoms with Gasteiger partial charge in [-0.05, 0) is 38.1 Å². The van der Waals surface area contributed by atoms with Crippen molar-refractivity contribution in [3.05, 3.63) is 43.2 Å². The van der Waals surface area contributed by atoms with Gasteiger partial charge < -0.3 is 4.90 Å². The van der Waals surface area contributed by atoms with E-state index in [0.29, 0.717) is 13.1 Å². The van der Waals surface area contributed by atoms with Gasteiger partial charge in [0.1, 0.15) is 0 Å². The van der Waals surface area contributed by atoms with Crippen molar-refractivity contribution in [2.45, 2.75) is 20.4 Å². The Labute approximate surface area is 120 Å². The van der Waals surface area contributed by atoms with E-state index in [1.165, 1.54) is 11.3 Å². The average molecular weight is 300 g/mol. The van der Waals surface area contributed by atoms with E-state index in [-0.39, 0.29) is 5.91 Å². The zero-order valence-electron chi connectivity index (χ0n) is 10.3. The van der Waals surface area contributed by atoms with Crippen LogP contribution in [-0.2, 0) is 6.54 Å². The summed E-state index contributed by atoms with van der Waals surface area (Å²) in [7, 11) is 0. The summed E-state index contributed by atoms with van der Waals surface area (Å²) < 4.78 is 0.764. The Balaban J connectivity index is 2.11. The predicted molar refractivity (Wildman–Crippen MR) is 78.8 cm³/mol. The molecule has 0 aliphatic carbocycles. The summed E-state index contributed by atoms with van der Waals surface area (Å²) in [6.45, 7) is 5.33. The molecule has 0 aliphatic rings. The number of carbonyl (C=O) groups excluding carboxylic acids is 1. The lowest BCUT2D eigenvalue weighted by atomic mass is 10.3. The largest absolute Gasteiger partial charge is 0.333 e. The third kappa shape index (κ3) is 3.13. The summed E-state index contributed by atoms with van der Waals surface area (Å²) in [5, 5.41) is 0. The lowest BCUT2D eigenvalue weighted by Crippen LogP contribution is -2.29. The molecule has 0 unspecified atom stereocenters. The maximum absolute atomic E-state index is 12.3. The molecule has 0 aliphatic heterocycles. The zero-order valence-corrected chi connectivity index (χ0v) is 12.7. The van der Waals surface area contributed by atoms with E-state index in [2.05, 4.69) is 0 Å². The fourth-order valence-electron chi connectivity index (χ4n) is 1.66. The van der Waals surface area contributed by atoms with Crippen LogP contribution in [-0.4, -0.2) is 17.4 Å². The normalized spacial score (nSPS) is 10.6. The third-order valence-corrected chi connectivity index (χ3v) is 4.80. The van der Waals surface area contributed by atoms with Crippen LogP contribution in [0.2, 0.25) is 4.34 Å². The monoisotopic (exact) mass is 299 g/mol. The summed E-state index contributed by atoms with van der Waals surface area (Å²) in [5.74, 6) is 0.0973. The molecule has 0 saturated heterocycles. The molecule has 96 valence electrons. The highest BCUT2D eigenvalue weighted by atomic mass is 35.5. The molecule has 0 saturated carbocycles. The van der Waals surface area contributed by atoms with Gasteiger partial charge in [0.05, 0.1) is 15.8 Å². The van der Waals surface area contributed by atoms with Gasteiger partial charge >= 0.3 is 0 Å². The number of amides is 1. The minimum absolute atomic E-state index is 0.0973. The topological polar surface area (TPSA) is 20.3 Å². The molecule has 2 nitrogen and oxygen atoms in total. The molecular weight excluding hydrogens is 286 g/mol. The standard InChI is InChI=1S/C13H14ClNOS2/c1-3-15(8-10-5-7-12(14)18-10)13(16)11-6-4-9(2)17-11/h4-7H,3,8H2,1-2H3. The van der Waals surface area contributed by atoms with Crippen molar-refractivity contribution < 1.29 is 4.79 Å². The van der Waals surface area contributed by atoms with Gasteiger partial charge in [-0.15, -0.1) is 22.7 Å². The van der Waals surface area contributed by atoms with Crippen LogP contribution in [0.1, 0.15) is 26.3 Å². The van der Waals surface area contributed by atoms with E-state index < -0.39 is 0 Å². The average Bonchev–Trinajstić information content (AvgIpc) is 2.94. The number of halogens is 1. The maximum atomic E-state index is 12.3. The Bertz CT molecular complexity index is 547. The minimum Gasteiger partial charge on any atom is -0.333 e. The van der Waals surface area contributed by atoms with Gasteiger partial charge in [0, 0.05) is 16.3 Å². The number of hydrogen-bond acceptors (Lipinski definition) is 3. The molecule has 1 amide bonds. The molecule has 0 atom stereocenters. The third-order valence-electron chi connectivity index (χ3n) is 2.60. The Morgan fingerprint density at radius 1 is 1.28 bits per heavy atom. The fourth-order valence-corrected chi connectivity index (χ4v) is 3.60. The van der Waals surface area contributed by atoms with Crippen molar-refractivity contribution >= 4 is 40.2 Å². The van der Waals surface area contributed by atoms with Crippen LogP contribution in [0.5, 0.6) is 0 Å². The van der Waals surface area contributed by atoms with Crippen LogP contribution in [0, 0.1) is 6.92 Å². The minimum atomic E-state index is 0.0973. The molecular formula is C13H14ClNOS2. The van der Waals surface area contributed by atoms with Gasteiger partial charge in [-0.2, -0.15) is 0 Å². The van der Waals surface area contributed by atoms with Gasteiger partial charge in [0.25, 0.3) is 5.91 Å². The highest BCUT2D eigenvalue weighted by Gasteiger charge is 2.16. The predicted octanol–water partition coefficient (Wildman–Crippen LogP) is 4.43. The Hall–Kier alpha value is -0.840.